The summed E-state index contributed by atoms with van der Waals surface area (Å²) in [5.74, 6) is 2.52. The molecule has 0 aliphatic heterocycles. The van der Waals surface area contributed by atoms with E-state index in [1.54, 1.807) is 44.8 Å². The molecule has 1 aromatic carbocycles. The largest absolute Gasteiger partial charge is 0.497 e. The molecule has 0 fully saturated rings. The van der Waals surface area contributed by atoms with Gasteiger partial charge in [0.1, 0.15) is 17.3 Å². The monoisotopic (exact) mass is 380 g/mol. The Balaban J connectivity index is 1.84. The number of aryl methyl sites for hydroxylation is 1. The van der Waals surface area contributed by atoms with Crippen LogP contribution in [-0.2, 0) is 0 Å². The van der Waals surface area contributed by atoms with Crippen LogP contribution in [0.25, 0.3) is 11.4 Å². The topological polar surface area (TPSA) is 89.4 Å². The van der Waals surface area contributed by atoms with Gasteiger partial charge in [-0.15, -0.1) is 0 Å². The third kappa shape index (κ3) is 4.20. The Morgan fingerprint density at radius 2 is 1.93 bits per heavy atom. The van der Waals surface area contributed by atoms with Crippen LogP contribution in [0.15, 0.2) is 42.7 Å². The number of aliphatic hydroxyl groups is 1. The minimum absolute atomic E-state index is 0.257. The summed E-state index contributed by atoms with van der Waals surface area (Å²) in [5.41, 5.74) is 3.27. The third-order valence-electron chi connectivity index (χ3n) is 4.57. The summed E-state index contributed by atoms with van der Waals surface area (Å²) in [6.45, 7) is 4.14. The minimum atomic E-state index is -0.804. The van der Waals surface area contributed by atoms with Crippen LogP contribution in [0.2, 0.25) is 0 Å². The lowest BCUT2D eigenvalue weighted by Gasteiger charge is -2.18. The molecular formula is C21H24N4O3. The summed E-state index contributed by atoms with van der Waals surface area (Å²) < 4.78 is 10.6. The molecule has 0 aliphatic rings. The molecule has 0 bridgehead atoms. The van der Waals surface area contributed by atoms with Gasteiger partial charge in [0, 0.05) is 41.3 Å². The summed E-state index contributed by atoms with van der Waals surface area (Å²) in [5, 5.41) is 13.9. The molecule has 2 N–H and O–H groups in total. The summed E-state index contributed by atoms with van der Waals surface area (Å²) in [6, 6.07) is 9.10. The molecule has 0 saturated carbocycles. The first-order valence-electron chi connectivity index (χ1n) is 8.93. The Morgan fingerprint density at radius 1 is 1.11 bits per heavy atom. The van der Waals surface area contributed by atoms with Crippen molar-refractivity contribution in [1.29, 1.82) is 0 Å². The Kier molecular flexibility index (Phi) is 6.06. The first kappa shape index (κ1) is 19.6. The van der Waals surface area contributed by atoms with Crippen molar-refractivity contribution in [3.05, 3.63) is 59.5 Å². The van der Waals surface area contributed by atoms with Crippen LogP contribution in [0, 0.1) is 13.8 Å². The molecule has 7 nitrogen and oxygen atoms in total. The van der Waals surface area contributed by atoms with E-state index in [4.69, 9.17) is 9.47 Å². The number of aromatic nitrogens is 3. The molecule has 28 heavy (non-hydrogen) atoms. The maximum absolute atomic E-state index is 10.7. The number of rotatable bonds is 7. The van der Waals surface area contributed by atoms with Crippen molar-refractivity contribution in [3.63, 3.8) is 0 Å². The van der Waals surface area contributed by atoms with Crippen molar-refractivity contribution in [2.75, 3.05) is 26.1 Å². The highest BCUT2D eigenvalue weighted by atomic mass is 16.5. The van der Waals surface area contributed by atoms with E-state index in [1.807, 2.05) is 26.0 Å². The quantitative estimate of drug-likeness (QED) is 0.650. The van der Waals surface area contributed by atoms with Crippen LogP contribution in [-0.4, -0.2) is 40.8 Å². The number of benzene rings is 1. The predicted molar refractivity (Wildman–Crippen MR) is 108 cm³/mol. The van der Waals surface area contributed by atoms with Gasteiger partial charge in [-0.05, 0) is 44.2 Å². The van der Waals surface area contributed by atoms with Crippen molar-refractivity contribution < 1.29 is 14.6 Å². The maximum atomic E-state index is 10.7. The van der Waals surface area contributed by atoms with E-state index in [9.17, 15) is 5.11 Å². The van der Waals surface area contributed by atoms with Crippen molar-refractivity contribution in [3.8, 4) is 22.9 Å². The second-order valence-electron chi connectivity index (χ2n) is 6.35. The van der Waals surface area contributed by atoms with E-state index >= 15 is 0 Å². The van der Waals surface area contributed by atoms with E-state index in [1.165, 1.54) is 0 Å². The number of pyridine rings is 1. The predicted octanol–water partition coefficient (Wildman–Crippen LogP) is 3.32. The molecule has 1 unspecified atom stereocenters. The standard InChI is InChI=1S/C21H24N4O3/c1-13-14(2)24-21(15-6-5-9-22-11-15)25-20(13)23-12-18(26)17-10-16(27-3)7-8-19(17)28-4/h5-11,18,26H,12H2,1-4H3,(H,23,24,25). The highest BCUT2D eigenvalue weighted by molar-refractivity contribution is 5.58. The van der Waals surface area contributed by atoms with E-state index in [2.05, 4.69) is 20.3 Å². The summed E-state index contributed by atoms with van der Waals surface area (Å²) >= 11 is 0. The van der Waals surface area contributed by atoms with Crippen LogP contribution in [0.1, 0.15) is 22.9 Å². The zero-order valence-electron chi connectivity index (χ0n) is 16.4. The smallest absolute Gasteiger partial charge is 0.163 e. The van der Waals surface area contributed by atoms with Crippen LogP contribution >= 0.6 is 0 Å². The lowest BCUT2D eigenvalue weighted by atomic mass is 10.1. The molecule has 0 aliphatic carbocycles. The van der Waals surface area contributed by atoms with Crippen molar-refractivity contribution in [1.82, 2.24) is 15.0 Å². The summed E-state index contributed by atoms with van der Waals surface area (Å²) in [6.07, 6.45) is 2.63. The molecule has 0 spiro atoms. The fraction of sp³-hybridized carbons (Fsp3) is 0.286. The number of nitrogens with one attached hydrogen (secondary N) is 1. The molecule has 0 amide bonds. The second kappa shape index (κ2) is 8.67. The van der Waals surface area contributed by atoms with Gasteiger partial charge < -0.3 is 19.9 Å². The molecule has 0 radical (unpaired) electrons. The number of aliphatic hydroxyl groups excluding tert-OH is 1. The van der Waals surface area contributed by atoms with Crippen molar-refractivity contribution in [2.45, 2.75) is 20.0 Å². The summed E-state index contributed by atoms with van der Waals surface area (Å²) in [4.78, 5) is 13.3. The fourth-order valence-corrected chi connectivity index (χ4v) is 2.83. The van der Waals surface area contributed by atoms with E-state index < -0.39 is 6.10 Å². The number of ether oxygens (including phenoxy) is 2. The van der Waals surface area contributed by atoms with Gasteiger partial charge in [-0.3, -0.25) is 4.98 Å². The summed E-state index contributed by atoms with van der Waals surface area (Å²) in [7, 11) is 3.16. The Morgan fingerprint density at radius 3 is 2.61 bits per heavy atom. The molecule has 146 valence electrons. The molecule has 2 aromatic heterocycles. The zero-order chi connectivity index (χ0) is 20.1. The van der Waals surface area contributed by atoms with Crippen LogP contribution in [0.3, 0.4) is 0 Å². The van der Waals surface area contributed by atoms with Gasteiger partial charge in [0.05, 0.1) is 20.3 Å². The number of nitrogens with zero attached hydrogens (tertiary/aromatic N) is 3. The molecule has 3 aromatic rings. The zero-order valence-corrected chi connectivity index (χ0v) is 16.4. The maximum Gasteiger partial charge on any atom is 0.163 e. The number of methoxy groups -OCH3 is 2. The third-order valence-corrected chi connectivity index (χ3v) is 4.57. The fourth-order valence-electron chi connectivity index (χ4n) is 2.83. The number of hydrogen-bond acceptors (Lipinski definition) is 7. The molecular weight excluding hydrogens is 356 g/mol. The highest BCUT2D eigenvalue weighted by Gasteiger charge is 2.16. The van der Waals surface area contributed by atoms with Crippen LogP contribution in [0.5, 0.6) is 11.5 Å². The Hall–Kier alpha value is -3.19. The van der Waals surface area contributed by atoms with Crippen molar-refractivity contribution >= 4 is 5.82 Å². The van der Waals surface area contributed by atoms with Crippen molar-refractivity contribution in [2.24, 2.45) is 0 Å². The average Bonchev–Trinajstić information content (AvgIpc) is 2.74. The SMILES string of the molecule is COc1ccc(OC)c(C(O)CNc2nc(-c3cccnc3)nc(C)c2C)c1. The number of anilines is 1. The molecule has 3 rings (SSSR count). The van der Waals surface area contributed by atoms with Crippen LogP contribution in [0.4, 0.5) is 5.82 Å². The lowest BCUT2D eigenvalue weighted by Crippen LogP contribution is -2.15. The molecule has 7 heteroatoms. The van der Waals surface area contributed by atoms with Gasteiger partial charge in [-0.25, -0.2) is 9.97 Å². The normalized spacial score (nSPS) is 11.8. The Bertz CT molecular complexity index is 948. The second-order valence-corrected chi connectivity index (χ2v) is 6.35. The van der Waals surface area contributed by atoms with Gasteiger partial charge in [0.2, 0.25) is 0 Å². The van der Waals surface area contributed by atoms with E-state index in [-0.39, 0.29) is 6.54 Å². The molecule has 2 heterocycles. The number of hydrogen-bond donors (Lipinski definition) is 2. The van der Waals surface area contributed by atoms with E-state index in [0.29, 0.717) is 28.7 Å². The van der Waals surface area contributed by atoms with E-state index in [0.717, 1.165) is 16.8 Å². The first-order chi connectivity index (χ1) is 13.5. The molecule has 1 atom stereocenters. The Labute approximate surface area is 164 Å². The average molecular weight is 380 g/mol. The van der Waals surface area contributed by atoms with Gasteiger partial charge in [-0.1, -0.05) is 0 Å². The van der Waals surface area contributed by atoms with Gasteiger partial charge in [0.25, 0.3) is 0 Å². The lowest BCUT2D eigenvalue weighted by molar-refractivity contribution is 0.186. The first-order valence-corrected chi connectivity index (χ1v) is 8.93. The van der Waals surface area contributed by atoms with Gasteiger partial charge in [0.15, 0.2) is 5.82 Å². The van der Waals surface area contributed by atoms with Gasteiger partial charge >= 0.3 is 0 Å². The van der Waals surface area contributed by atoms with Crippen LogP contribution < -0.4 is 14.8 Å². The minimum Gasteiger partial charge on any atom is -0.497 e. The highest BCUT2D eigenvalue weighted by Crippen LogP contribution is 2.30. The molecule has 0 saturated heterocycles. The van der Waals surface area contributed by atoms with Gasteiger partial charge in [-0.2, -0.15) is 0 Å².